The zero-order chi connectivity index (χ0) is 14.3. The number of hydrogen-bond donors (Lipinski definition) is 11. The SMILES string of the molecule is O[SiH](O)OC([Si](O)(O)O)([Si](O)(O)O)[Si](O)(O)O. The van der Waals surface area contributed by atoms with Gasteiger partial charge in [0.2, 0.25) is 0 Å². The van der Waals surface area contributed by atoms with Crippen LogP contribution < -0.4 is 0 Å². The quantitative estimate of drug-likeness (QED) is 0.211. The minimum atomic E-state index is -6.15. The maximum absolute atomic E-state index is 8.88. The summed E-state index contributed by atoms with van der Waals surface area (Å²) in [4.78, 5) is 97.0. The number of rotatable bonds is 5. The van der Waals surface area contributed by atoms with Gasteiger partial charge in [0, 0.05) is 0 Å². The minimum absolute atomic E-state index is 3.72. The molecule has 0 bridgehead atoms. The van der Waals surface area contributed by atoms with E-state index in [4.69, 9.17) is 52.8 Å². The Kier molecular flexibility index (Phi) is 4.92. The van der Waals surface area contributed by atoms with Gasteiger partial charge >= 0.3 is 35.9 Å². The molecule has 0 aromatic carbocycles. The molecule has 0 atom stereocenters. The first-order chi connectivity index (χ1) is 7.17. The van der Waals surface area contributed by atoms with Gasteiger partial charge in [0.15, 0.2) is 0 Å². The van der Waals surface area contributed by atoms with Crippen LogP contribution in [0.15, 0.2) is 0 Å². The van der Waals surface area contributed by atoms with Gasteiger partial charge in [-0.3, -0.25) is 0 Å². The van der Waals surface area contributed by atoms with Crippen molar-refractivity contribution in [2.75, 3.05) is 0 Å². The van der Waals surface area contributed by atoms with E-state index in [0.717, 1.165) is 0 Å². The van der Waals surface area contributed by atoms with Gasteiger partial charge in [0.25, 0.3) is 4.47 Å². The predicted octanol–water partition coefficient (Wildman–Crippen LogP) is -8.19. The van der Waals surface area contributed by atoms with E-state index in [1.54, 1.807) is 0 Å². The molecule has 104 valence electrons. The fraction of sp³-hybridized carbons (Fsp3) is 1.00. The largest absolute Gasteiger partial charge is 0.534 e. The van der Waals surface area contributed by atoms with Crippen molar-refractivity contribution in [3.05, 3.63) is 0 Å². The highest BCUT2D eigenvalue weighted by molar-refractivity contribution is 6.99. The Hall–Kier alpha value is 0.388. The molecule has 0 amide bonds. The van der Waals surface area contributed by atoms with Crippen LogP contribution >= 0.6 is 0 Å². The van der Waals surface area contributed by atoms with Gasteiger partial charge in [-0.2, -0.15) is 0 Å². The molecule has 0 saturated heterocycles. The lowest BCUT2D eigenvalue weighted by Gasteiger charge is -2.42. The molecule has 0 unspecified atom stereocenters. The molecule has 0 aliphatic heterocycles. The van der Waals surface area contributed by atoms with Gasteiger partial charge in [-0.05, 0) is 0 Å². The summed E-state index contributed by atoms with van der Waals surface area (Å²) >= 11 is 0. The van der Waals surface area contributed by atoms with Crippen LogP contribution in [0.4, 0.5) is 0 Å². The molecule has 0 fully saturated rings. The monoisotopic (exact) mass is 328 g/mol. The van der Waals surface area contributed by atoms with Crippen LogP contribution in [0.2, 0.25) is 0 Å². The smallest absolute Gasteiger partial charge is 0.392 e. The molecular weight excluding hydrogens is 316 g/mol. The highest BCUT2D eigenvalue weighted by Crippen LogP contribution is 2.31. The lowest BCUT2D eigenvalue weighted by Crippen LogP contribution is -2.88. The Labute approximate surface area is 98.2 Å². The number of hydrogen-bond acceptors (Lipinski definition) is 12. The Bertz CT molecular complexity index is 219. The molecule has 0 rings (SSSR count). The van der Waals surface area contributed by atoms with Crippen LogP contribution in [0.25, 0.3) is 0 Å². The van der Waals surface area contributed by atoms with Gasteiger partial charge < -0.3 is 57.2 Å². The van der Waals surface area contributed by atoms with E-state index in [9.17, 15) is 0 Å². The van der Waals surface area contributed by atoms with Crippen LogP contribution in [0.3, 0.4) is 0 Å². The molecule has 11 N–H and O–H groups in total. The first-order valence-corrected chi connectivity index (χ1v) is 10.7. The molecule has 17 heavy (non-hydrogen) atoms. The molecule has 0 heterocycles. The van der Waals surface area contributed by atoms with Gasteiger partial charge in [-0.1, -0.05) is 0 Å². The van der Waals surface area contributed by atoms with Crippen molar-refractivity contribution < 1.29 is 57.2 Å². The van der Waals surface area contributed by atoms with E-state index in [1.807, 2.05) is 0 Å². The third-order valence-electron chi connectivity index (χ3n) is 1.70. The van der Waals surface area contributed by atoms with Crippen LogP contribution in [0, 0.1) is 0 Å². The third kappa shape index (κ3) is 3.23. The average molecular weight is 328 g/mol. The summed E-state index contributed by atoms with van der Waals surface area (Å²) in [5.41, 5.74) is 0. The molecule has 0 aromatic heterocycles. The molecule has 0 radical (unpaired) electrons. The molecule has 0 spiro atoms. The Morgan fingerprint density at radius 3 is 0.941 bits per heavy atom. The molecule has 0 aliphatic carbocycles. The Morgan fingerprint density at radius 1 is 0.647 bits per heavy atom. The highest BCUT2D eigenvalue weighted by atomic mass is 28.5. The fourth-order valence-corrected chi connectivity index (χ4v) is 9.63. The van der Waals surface area contributed by atoms with Gasteiger partial charge in [-0.15, -0.1) is 0 Å². The van der Waals surface area contributed by atoms with Gasteiger partial charge in [0.05, 0.1) is 0 Å². The van der Waals surface area contributed by atoms with Gasteiger partial charge in [0.1, 0.15) is 0 Å². The average Bonchev–Trinajstić information content (AvgIpc) is 1.91. The van der Waals surface area contributed by atoms with Crippen molar-refractivity contribution in [1.82, 2.24) is 0 Å². The predicted molar refractivity (Wildman–Crippen MR) is 52.6 cm³/mol. The second-order valence-electron chi connectivity index (χ2n) is 3.03. The van der Waals surface area contributed by atoms with E-state index >= 15 is 0 Å². The lowest BCUT2D eigenvalue weighted by atomic mass is 11.6. The van der Waals surface area contributed by atoms with E-state index in [1.165, 1.54) is 0 Å². The summed E-state index contributed by atoms with van der Waals surface area (Å²) in [7, 11) is -22.9. The molecule has 0 saturated carbocycles. The van der Waals surface area contributed by atoms with Crippen molar-refractivity contribution in [3.8, 4) is 0 Å². The summed E-state index contributed by atoms with van der Waals surface area (Å²) in [6.45, 7) is 0. The van der Waals surface area contributed by atoms with E-state index in [-0.39, 0.29) is 0 Å². The summed E-state index contributed by atoms with van der Waals surface area (Å²) in [6.07, 6.45) is 0. The summed E-state index contributed by atoms with van der Waals surface area (Å²) in [5, 5.41) is 0. The zero-order valence-electron chi connectivity index (χ0n) is 7.90. The third-order valence-corrected chi connectivity index (χ3v) is 12.2. The van der Waals surface area contributed by atoms with Crippen molar-refractivity contribution in [3.63, 3.8) is 0 Å². The van der Waals surface area contributed by atoms with E-state index in [2.05, 4.69) is 4.43 Å². The van der Waals surface area contributed by atoms with Crippen LogP contribution in [0.5, 0.6) is 0 Å². The van der Waals surface area contributed by atoms with Gasteiger partial charge in [-0.25, -0.2) is 0 Å². The van der Waals surface area contributed by atoms with Crippen molar-refractivity contribution in [2.45, 2.75) is 4.47 Å². The van der Waals surface area contributed by atoms with Crippen molar-refractivity contribution >= 4 is 35.9 Å². The lowest BCUT2D eigenvalue weighted by molar-refractivity contribution is 0.00715. The standard InChI is InChI=1S/CH12O12Si4/c2-14(3)13-1(15(4,5)6,16(7,8)9)17(10,11)12/h2-12,14H. The molecular formula is CH12O12Si4. The van der Waals surface area contributed by atoms with E-state index < -0.39 is 40.4 Å². The zero-order valence-corrected chi connectivity index (χ0v) is 12.1. The van der Waals surface area contributed by atoms with Crippen LogP contribution in [-0.4, -0.2) is 93.2 Å². The van der Waals surface area contributed by atoms with Crippen molar-refractivity contribution in [1.29, 1.82) is 0 Å². The first kappa shape index (κ1) is 17.4. The van der Waals surface area contributed by atoms with Crippen LogP contribution in [-0.2, 0) is 4.43 Å². The normalized spacial score (nSPS) is 15.5. The van der Waals surface area contributed by atoms with Crippen LogP contribution in [0.1, 0.15) is 0 Å². The Balaban J connectivity index is 5.93. The van der Waals surface area contributed by atoms with Crippen molar-refractivity contribution in [2.24, 2.45) is 0 Å². The summed E-state index contributed by atoms with van der Waals surface area (Å²) in [5.74, 6) is 0. The highest BCUT2D eigenvalue weighted by Gasteiger charge is 2.84. The molecule has 0 aromatic rings. The summed E-state index contributed by atoms with van der Waals surface area (Å²) < 4.78 is -0.471. The maximum atomic E-state index is 8.88. The maximum Gasteiger partial charge on any atom is 0.534 e. The fourth-order valence-electron chi connectivity index (χ4n) is 1.07. The summed E-state index contributed by atoms with van der Waals surface area (Å²) in [6, 6.07) is 0. The molecule has 0 aliphatic rings. The molecule has 16 heteroatoms. The Morgan fingerprint density at radius 2 is 0.882 bits per heavy atom. The minimum Gasteiger partial charge on any atom is -0.392 e. The topological polar surface area (TPSA) is 232 Å². The second kappa shape index (κ2) is 4.81. The first-order valence-electron chi connectivity index (χ1n) is 3.72. The van der Waals surface area contributed by atoms with E-state index in [0.29, 0.717) is 0 Å². The molecule has 12 nitrogen and oxygen atoms in total. The second-order valence-corrected chi connectivity index (χ2v) is 11.3.